The van der Waals surface area contributed by atoms with Crippen molar-refractivity contribution in [3.8, 4) is 0 Å². The Morgan fingerprint density at radius 2 is 1.69 bits per heavy atom. The van der Waals surface area contributed by atoms with Crippen LogP contribution in [0.4, 0.5) is 0 Å². The molecule has 0 aromatic heterocycles. The molecule has 0 bridgehead atoms. The van der Waals surface area contributed by atoms with Crippen molar-refractivity contribution >= 4 is 5.91 Å². The number of hydrogen-bond donors (Lipinski definition) is 9. The fraction of sp³-hybridized carbons (Fsp3) is 0.929. The first-order valence-corrected chi connectivity index (χ1v) is 7.98. The molecule has 0 aromatic rings. The summed E-state index contributed by atoms with van der Waals surface area (Å²) < 4.78 is 10.0. The first kappa shape index (κ1) is 21.4. The number of aliphatic hydroxyl groups is 8. The van der Waals surface area contributed by atoms with Crippen molar-refractivity contribution < 1.29 is 55.1 Å². The minimum absolute atomic E-state index is 0.348. The van der Waals surface area contributed by atoms with Crippen molar-refractivity contribution in [2.75, 3.05) is 19.8 Å². The van der Waals surface area contributed by atoms with Crippen molar-refractivity contribution in [1.82, 2.24) is 5.32 Å². The highest BCUT2D eigenvalue weighted by Crippen LogP contribution is 2.44. The van der Waals surface area contributed by atoms with Crippen molar-refractivity contribution in [2.45, 2.75) is 61.0 Å². The van der Waals surface area contributed by atoms with Crippen molar-refractivity contribution in [2.24, 2.45) is 0 Å². The van der Waals surface area contributed by atoms with Crippen LogP contribution in [0, 0.1) is 0 Å². The van der Waals surface area contributed by atoms with Gasteiger partial charge in [-0.05, 0) is 0 Å². The first-order chi connectivity index (χ1) is 12.0. The summed E-state index contributed by atoms with van der Waals surface area (Å²) in [5.41, 5.74) is -6.10. The van der Waals surface area contributed by atoms with Crippen LogP contribution in [0.25, 0.3) is 0 Å². The molecule has 9 N–H and O–H groups in total. The summed E-state index contributed by atoms with van der Waals surface area (Å²) in [6.45, 7) is -0.983. The number of amides is 1. The molecular formula is C14H25NO11. The van der Waals surface area contributed by atoms with Crippen molar-refractivity contribution in [1.29, 1.82) is 0 Å². The SMILES string of the molecule is CC(=O)N[C@@H]1CO[C@H](CO)[C@](O)([C@]2(O)[C@@H](O)O[C@H](CO)[C@@H](O)[C@@H]2O)[C@@H]1O. The summed E-state index contributed by atoms with van der Waals surface area (Å²) in [4.78, 5) is 11.3. The summed E-state index contributed by atoms with van der Waals surface area (Å²) in [5, 5.41) is 84.0. The van der Waals surface area contributed by atoms with Crippen molar-refractivity contribution in [3.63, 3.8) is 0 Å². The van der Waals surface area contributed by atoms with Crippen LogP contribution in [-0.2, 0) is 14.3 Å². The normalized spacial score (nSPS) is 49.7. The smallest absolute Gasteiger partial charge is 0.217 e. The third kappa shape index (κ3) is 3.01. The van der Waals surface area contributed by atoms with Crippen LogP contribution >= 0.6 is 0 Å². The van der Waals surface area contributed by atoms with Gasteiger partial charge in [-0.2, -0.15) is 0 Å². The molecule has 0 radical (unpaired) electrons. The number of carbonyl (C=O) groups is 1. The predicted molar refractivity (Wildman–Crippen MR) is 80.3 cm³/mol. The zero-order valence-corrected chi connectivity index (χ0v) is 14.0. The maximum absolute atomic E-state index is 11.3. The van der Waals surface area contributed by atoms with E-state index in [1.54, 1.807) is 0 Å². The molecule has 0 aliphatic carbocycles. The second kappa shape index (κ2) is 7.59. The van der Waals surface area contributed by atoms with Crippen LogP contribution in [0.1, 0.15) is 6.92 Å². The van der Waals surface area contributed by atoms with E-state index in [0.717, 1.165) is 6.92 Å². The van der Waals surface area contributed by atoms with Gasteiger partial charge in [0.15, 0.2) is 17.5 Å². The van der Waals surface area contributed by atoms with E-state index in [1.165, 1.54) is 0 Å². The summed E-state index contributed by atoms with van der Waals surface area (Å²) in [5.74, 6) is -0.601. The Morgan fingerprint density at radius 1 is 1.08 bits per heavy atom. The Bertz CT molecular complexity index is 521. The van der Waals surface area contributed by atoms with E-state index >= 15 is 0 Å². The fourth-order valence-corrected chi connectivity index (χ4v) is 3.55. The molecule has 26 heavy (non-hydrogen) atoms. The van der Waals surface area contributed by atoms with Gasteiger partial charge >= 0.3 is 0 Å². The lowest BCUT2D eigenvalue weighted by Crippen LogP contribution is -2.84. The molecule has 152 valence electrons. The molecule has 0 spiro atoms. The van der Waals surface area contributed by atoms with E-state index in [4.69, 9.17) is 14.6 Å². The topological polar surface area (TPSA) is 209 Å². The van der Waals surface area contributed by atoms with Crippen LogP contribution in [0.15, 0.2) is 0 Å². The van der Waals surface area contributed by atoms with Gasteiger partial charge in [-0.1, -0.05) is 0 Å². The number of carbonyl (C=O) groups excluding carboxylic acids is 1. The van der Waals surface area contributed by atoms with Gasteiger partial charge in [0.2, 0.25) is 5.91 Å². The van der Waals surface area contributed by atoms with Crippen LogP contribution < -0.4 is 5.32 Å². The minimum atomic E-state index is -3.14. The zero-order chi connectivity index (χ0) is 19.9. The van der Waals surface area contributed by atoms with Crippen LogP contribution in [0.2, 0.25) is 0 Å². The predicted octanol–water partition coefficient (Wildman–Crippen LogP) is -5.86. The molecule has 12 heteroatoms. The molecule has 1 amide bonds. The number of aliphatic hydroxyl groups excluding tert-OH is 6. The monoisotopic (exact) mass is 383 g/mol. The molecule has 2 rings (SSSR count). The third-order valence-corrected chi connectivity index (χ3v) is 5.01. The van der Waals surface area contributed by atoms with Crippen LogP contribution in [0.3, 0.4) is 0 Å². The van der Waals surface area contributed by atoms with E-state index in [0.29, 0.717) is 0 Å². The molecule has 2 saturated heterocycles. The van der Waals surface area contributed by atoms with Gasteiger partial charge in [-0.3, -0.25) is 4.79 Å². The van der Waals surface area contributed by atoms with Gasteiger partial charge in [0.1, 0.15) is 30.5 Å². The largest absolute Gasteiger partial charge is 0.394 e. The summed E-state index contributed by atoms with van der Waals surface area (Å²) in [6.07, 6.45) is -11.9. The molecule has 9 atom stereocenters. The van der Waals surface area contributed by atoms with E-state index < -0.39 is 73.2 Å². The average molecular weight is 383 g/mol. The summed E-state index contributed by atoms with van der Waals surface area (Å²) in [6, 6.07) is -1.27. The lowest BCUT2D eigenvalue weighted by Gasteiger charge is -2.58. The van der Waals surface area contributed by atoms with Crippen LogP contribution in [0.5, 0.6) is 0 Å². The third-order valence-electron chi connectivity index (χ3n) is 5.01. The van der Waals surface area contributed by atoms with Gasteiger partial charge < -0.3 is 55.6 Å². The Hall–Kier alpha value is -0.930. The summed E-state index contributed by atoms with van der Waals surface area (Å²) >= 11 is 0. The van der Waals surface area contributed by atoms with Gasteiger partial charge in [0.05, 0.1) is 25.9 Å². The second-order valence-corrected chi connectivity index (χ2v) is 6.55. The molecule has 2 fully saturated rings. The van der Waals surface area contributed by atoms with Gasteiger partial charge in [0, 0.05) is 6.92 Å². The molecule has 2 aliphatic rings. The lowest BCUT2D eigenvalue weighted by molar-refractivity contribution is -0.402. The van der Waals surface area contributed by atoms with Gasteiger partial charge in [0.25, 0.3) is 0 Å². The highest BCUT2D eigenvalue weighted by Gasteiger charge is 2.72. The summed E-state index contributed by atoms with van der Waals surface area (Å²) in [7, 11) is 0. The van der Waals surface area contributed by atoms with Gasteiger partial charge in [-0.15, -0.1) is 0 Å². The maximum atomic E-state index is 11.3. The molecular weight excluding hydrogens is 358 g/mol. The Kier molecular flexibility index (Phi) is 6.24. The Morgan fingerprint density at radius 3 is 2.19 bits per heavy atom. The lowest BCUT2D eigenvalue weighted by atomic mass is 9.65. The molecule has 0 aromatic carbocycles. The van der Waals surface area contributed by atoms with Crippen LogP contribution in [-0.4, -0.2) is 121 Å². The van der Waals surface area contributed by atoms with Gasteiger partial charge in [-0.25, -0.2) is 0 Å². The minimum Gasteiger partial charge on any atom is -0.394 e. The molecule has 2 heterocycles. The average Bonchev–Trinajstić information content (AvgIpc) is 2.60. The second-order valence-electron chi connectivity index (χ2n) is 6.55. The number of rotatable bonds is 4. The zero-order valence-electron chi connectivity index (χ0n) is 14.0. The first-order valence-electron chi connectivity index (χ1n) is 7.98. The Balaban J connectivity index is 2.49. The van der Waals surface area contributed by atoms with E-state index in [-0.39, 0.29) is 6.61 Å². The quantitative estimate of drug-likeness (QED) is 0.223. The standard InChI is InChI=1S/C14H25NO11/c1-5(18)15-6-4-25-8(3-17)13(23,10(6)20)14(24)11(21)9(19)7(2-16)26-12(14)22/h6-12,16-17,19-24H,2-4H2,1H3,(H,15,18)/t6-,7-,8-,9-,10-,11+,12+,13-,14-/m1/s1. The molecule has 0 unspecified atom stereocenters. The molecule has 2 aliphatic heterocycles. The highest BCUT2D eigenvalue weighted by atomic mass is 16.6. The number of nitrogens with one attached hydrogen (secondary N) is 1. The highest BCUT2D eigenvalue weighted by molar-refractivity contribution is 5.73. The van der Waals surface area contributed by atoms with E-state index in [1.807, 2.05) is 0 Å². The van der Waals surface area contributed by atoms with E-state index in [9.17, 15) is 40.5 Å². The number of hydrogen-bond acceptors (Lipinski definition) is 11. The molecule has 0 saturated carbocycles. The Labute approximate surface area is 148 Å². The van der Waals surface area contributed by atoms with Crippen molar-refractivity contribution in [3.05, 3.63) is 0 Å². The molecule has 12 nitrogen and oxygen atoms in total. The maximum Gasteiger partial charge on any atom is 0.217 e. The number of ether oxygens (including phenoxy) is 2. The fourth-order valence-electron chi connectivity index (χ4n) is 3.55. The van der Waals surface area contributed by atoms with E-state index in [2.05, 4.69) is 5.32 Å².